The number of benzene rings is 1. The Labute approximate surface area is 130 Å². The summed E-state index contributed by atoms with van der Waals surface area (Å²) in [5.74, 6) is 5.60. The van der Waals surface area contributed by atoms with Crippen molar-refractivity contribution in [3.63, 3.8) is 0 Å². The van der Waals surface area contributed by atoms with Crippen LogP contribution in [0.1, 0.15) is 15.9 Å². The lowest BCUT2D eigenvalue weighted by molar-refractivity contribution is 0.102. The molecule has 0 bridgehead atoms. The number of amides is 1. The van der Waals surface area contributed by atoms with Crippen molar-refractivity contribution in [2.75, 3.05) is 11.9 Å². The first-order valence-corrected chi connectivity index (χ1v) is 6.84. The molecule has 6 heteroatoms. The molecule has 0 unspecified atom stereocenters. The number of phenolic OH excluding ortho intramolecular Hbond substituents is 1. The molecule has 0 radical (unpaired) electrons. The Bertz CT molecular complexity index is 735. The van der Waals surface area contributed by atoms with Crippen LogP contribution in [0.25, 0.3) is 0 Å². The zero-order chi connectivity index (χ0) is 15.2. The van der Waals surface area contributed by atoms with E-state index in [2.05, 4.69) is 38.1 Å². The molecular formula is C15H12BrN3O2. The monoisotopic (exact) mass is 345 g/mol. The number of hydrogen-bond donors (Lipinski definition) is 3. The van der Waals surface area contributed by atoms with Crippen LogP contribution in [0.5, 0.6) is 5.75 Å². The summed E-state index contributed by atoms with van der Waals surface area (Å²) in [6.07, 6.45) is 1.55. The van der Waals surface area contributed by atoms with Gasteiger partial charge in [0.25, 0.3) is 5.91 Å². The SMILES string of the molecule is NCC#Cc1ccnc(NC(=O)c2ccc(Br)c(O)c2)c1. The summed E-state index contributed by atoms with van der Waals surface area (Å²) in [4.78, 5) is 16.1. The molecule has 21 heavy (non-hydrogen) atoms. The number of aromatic nitrogens is 1. The summed E-state index contributed by atoms with van der Waals surface area (Å²) in [5.41, 5.74) is 6.35. The highest BCUT2D eigenvalue weighted by molar-refractivity contribution is 9.10. The largest absolute Gasteiger partial charge is 0.507 e. The van der Waals surface area contributed by atoms with Gasteiger partial charge in [-0.15, -0.1) is 0 Å². The number of carbonyl (C=O) groups excluding carboxylic acids is 1. The van der Waals surface area contributed by atoms with Gasteiger partial charge >= 0.3 is 0 Å². The molecular weight excluding hydrogens is 334 g/mol. The normalized spacial score (nSPS) is 9.62. The molecule has 106 valence electrons. The predicted octanol–water partition coefficient (Wildman–Crippen LogP) is 2.11. The number of carbonyl (C=O) groups is 1. The maximum Gasteiger partial charge on any atom is 0.256 e. The van der Waals surface area contributed by atoms with Gasteiger partial charge in [0.15, 0.2) is 0 Å². The van der Waals surface area contributed by atoms with E-state index in [1.165, 1.54) is 6.07 Å². The Morgan fingerprint density at radius 1 is 1.38 bits per heavy atom. The van der Waals surface area contributed by atoms with Gasteiger partial charge in [-0.2, -0.15) is 0 Å². The van der Waals surface area contributed by atoms with Gasteiger partial charge in [0.1, 0.15) is 11.6 Å². The van der Waals surface area contributed by atoms with Crippen LogP contribution in [0.2, 0.25) is 0 Å². The third-order valence-corrected chi connectivity index (χ3v) is 3.22. The molecule has 0 atom stereocenters. The Kier molecular flexibility index (Phi) is 4.93. The second kappa shape index (κ2) is 6.88. The molecule has 1 heterocycles. The van der Waals surface area contributed by atoms with Crippen LogP contribution >= 0.6 is 15.9 Å². The third-order valence-electron chi connectivity index (χ3n) is 2.54. The summed E-state index contributed by atoms with van der Waals surface area (Å²) < 4.78 is 0.524. The van der Waals surface area contributed by atoms with Gasteiger partial charge in [-0.3, -0.25) is 4.79 Å². The predicted molar refractivity (Wildman–Crippen MR) is 83.9 cm³/mol. The lowest BCUT2D eigenvalue weighted by Gasteiger charge is -2.06. The zero-order valence-electron chi connectivity index (χ0n) is 10.9. The minimum absolute atomic E-state index is 0.00169. The number of pyridine rings is 1. The minimum Gasteiger partial charge on any atom is -0.507 e. The minimum atomic E-state index is -0.366. The average molecular weight is 346 g/mol. The molecule has 0 aliphatic rings. The Morgan fingerprint density at radius 2 is 2.19 bits per heavy atom. The third kappa shape index (κ3) is 4.05. The molecule has 0 saturated heterocycles. The number of nitrogens with zero attached hydrogens (tertiary/aromatic N) is 1. The Hall–Kier alpha value is -2.36. The fraction of sp³-hybridized carbons (Fsp3) is 0.0667. The van der Waals surface area contributed by atoms with E-state index in [4.69, 9.17) is 5.73 Å². The van der Waals surface area contributed by atoms with Gasteiger partial charge in [0.2, 0.25) is 0 Å². The summed E-state index contributed by atoms with van der Waals surface area (Å²) >= 11 is 3.16. The quantitative estimate of drug-likeness (QED) is 0.727. The highest BCUT2D eigenvalue weighted by Gasteiger charge is 2.09. The first-order valence-electron chi connectivity index (χ1n) is 6.05. The zero-order valence-corrected chi connectivity index (χ0v) is 12.5. The molecule has 0 fully saturated rings. The van der Waals surface area contributed by atoms with Crippen LogP contribution in [0.4, 0.5) is 5.82 Å². The van der Waals surface area contributed by atoms with Crippen molar-refractivity contribution >= 4 is 27.7 Å². The van der Waals surface area contributed by atoms with E-state index in [9.17, 15) is 9.90 Å². The summed E-state index contributed by atoms with van der Waals surface area (Å²) in [5, 5.41) is 12.2. The van der Waals surface area contributed by atoms with E-state index in [1.807, 2.05) is 0 Å². The van der Waals surface area contributed by atoms with E-state index in [0.717, 1.165) is 0 Å². The number of halogens is 1. The van der Waals surface area contributed by atoms with E-state index in [0.29, 0.717) is 21.4 Å². The van der Waals surface area contributed by atoms with Crippen LogP contribution in [0.15, 0.2) is 41.0 Å². The van der Waals surface area contributed by atoms with Crippen molar-refractivity contribution in [1.82, 2.24) is 4.98 Å². The van der Waals surface area contributed by atoms with Crippen molar-refractivity contribution in [3.05, 3.63) is 52.1 Å². The van der Waals surface area contributed by atoms with Crippen LogP contribution in [0, 0.1) is 11.8 Å². The van der Waals surface area contributed by atoms with Gasteiger partial charge in [-0.05, 0) is 46.3 Å². The number of aromatic hydroxyl groups is 1. The van der Waals surface area contributed by atoms with Gasteiger partial charge in [0.05, 0.1) is 11.0 Å². The highest BCUT2D eigenvalue weighted by Crippen LogP contribution is 2.24. The topological polar surface area (TPSA) is 88.2 Å². The first-order chi connectivity index (χ1) is 10.1. The maximum atomic E-state index is 12.1. The molecule has 0 spiro atoms. The fourth-order valence-electron chi connectivity index (χ4n) is 1.57. The molecule has 2 rings (SSSR count). The average Bonchev–Trinajstić information content (AvgIpc) is 2.48. The van der Waals surface area contributed by atoms with E-state index in [-0.39, 0.29) is 18.2 Å². The number of nitrogens with two attached hydrogens (primary N) is 1. The Balaban J connectivity index is 2.17. The smallest absolute Gasteiger partial charge is 0.256 e. The number of anilines is 1. The number of hydrogen-bond acceptors (Lipinski definition) is 4. The lowest BCUT2D eigenvalue weighted by atomic mass is 10.2. The lowest BCUT2D eigenvalue weighted by Crippen LogP contribution is -2.12. The maximum absolute atomic E-state index is 12.1. The number of phenols is 1. The molecule has 2 aromatic rings. The second-order valence-corrected chi connectivity index (χ2v) is 4.91. The van der Waals surface area contributed by atoms with Crippen LogP contribution < -0.4 is 11.1 Å². The number of nitrogens with one attached hydrogen (secondary N) is 1. The molecule has 0 aliphatic heterocycles. The van der Waals surface area contributed by atoms with Gasteiger partial charge in [-0.1, -0.05) is 11.8 Å². The highest BCUT2D eigenvalue weighted by atomic mass is 79.9. The molecule has 1 aromatic heterocycles. The van der Waals surface area contributed by atoms with Crippen LogP contribution in [-0.4, -0.2) is 22.5 Å². The standard InChI is InChI=1S/C15H12BrN3O2/c16-12-4-3-11(9-13(12)20)15(21)19-14-8-10(2-1-6-17)5-7-18-14/h3-5,7-9,20H,6,17H2,(H,18,19,21). The molecule has 1 amide bonds. The molecule has 1 aromatic carbocycles. The van der Waals surface area contributed by atoms with Crippen molar-refractivity contribution in [1.29, 1.82) is 0 Å². The van der Waals surface area contributed by atoms with E-state index in [1.54, 1.807) is 30.5 Å². The number of rotatable bonds is 2. The summed E-state index contributed by atoms with van der Waals surface area (Å²) in [6, 6.07) is 7.94. The van der Waals surface area contributed by atoms with Crippen molar-refractivity contribution < 1.29 is 9.90 Å². The van der Waals surface area contributed by atoms with Gasteiger partial charge in [0, 0.05) is 17.3 Å². The summed E-state index contributed by atoms with van der Waals surface area (Å²) in [7, 11) is 0. The van der Waals surface area contributed by atoms with Crippen molar-refractivity contribution in [2.45, 2.75) is 0 Å². The van der Waals surface area contributed by atoms with Crippen LogP contribution in [0.3, 0.4) is 0 Å². The molecule has 4 N–H and O–H groups in total. The van der Waals surface area contributed by atoms with Crippen molar-refractivity contribution in [3.8, 4) is 17.6 Å². The van der Waals surface area contributed by atoms with Gasteiger partial charge < -0.3 is 16.2 Å². The fourth-order valence-corrected chi connectivity index (χ4v) is 1.82. The van der Waals surface area contributed by atoms with E-state index < -0.39 is 0 Å². The molecule has 0 aliphatic carbocycles. The van der Waals surface area contributed by atoms with Gasteiger partial charge in [-0.25, -0.2) is 4.98 Å². The van der Waals surface area contributed by atoms with Crippen molar-refractivity contribution in [2.24, 2.45) is 5.73 Å². The first kappa shape index (κ1) is 15.0. The Morgan fingerprint density at radius 3 is 2.90 bits per heavy atom. The second-order valence-electron chi connectivity index (χ2n) is 4.06. The molecule has 0 saturated carbocycles. The summed E-state index contributed by atoms with van der Waals surface area (Å²) in [6.45, 7) is 0.266. The van der Waals surface area contributed by atoms with Crippen LogP contribution in [-0.2, 0) is 0 Å². The van der Waals surface area contributed by atoms with E-state index >= 15 is 0 Å². The molecule has 5 nitrogen and oxygen atoms in total.